The zero-order chi connectivity index (χ0) is 23.3. The summed E-state index contributed by atoms with van der Waals surface area (Å²) < 4.78 is 0. The van der Waals surface area contributed by atoms with Gasteiger partial charge >= 0.3 is 5.97 Å². The number of amides is 4. The van der Waals surface area contributed by atoms with Crippen molar-refractivity contribution in [2.45, 2.75) is 63.2 Å². The fraction of sp³-hybridized carbons (Fsp3) is 0.706. The average molecular weight is 449 g/mol. The van der Waals surface area contributed by atoms with Crippen LogP contribution in [-0.4, -0.2) is 71.2 Å². The van der Waals surface area contributed by atoms with Crippen molar-refractivity contribution in [3.63, 3.8) is 0 Å². The molecule has 30 heavy (non-hydrogen) atoms. The van der Waals surface area contributed by atoms with Crippen LogP contribution in [0.15, 0.2) is 0 Å². The maximum Gasteiger partial charge on any atom is 0.326 e. The Morgan fingerprint density at radius 2 is 1.43 bits per heavy atom. The molecule has 0 saturated heterocycles. The minimum atomic E-state index is -1.35. The predicted octanol–water partition coefficient (Wildman–Crippen LogP) is -2.80. The van der Waals surface area contributed by atoms with E-state index < -0.39 is 53.8 Å². The van der Waals surface area contributed by atoms with Gasteiger partial charge in [-0.1, -0.05) is 0 Å². The molecule has 13 heteroatoms. The molecule has 12 nitrogen and oxygen atoms in total. The molecule has 0 heterocycles. The van der Waals surface area contributed by atoms with Crippen LogP contribution in [0.4, 0.5) is 0 Å². The van der Waals surface area contributed by atoms with E-state index in [1.807, 2.05) is 0 Å². The fourth-order valence-corrected chi connectivity index (χ4v) is 2.60. The topological polar surface area (TPSA) is 220 Å². The summed E-state index contributed by atoms with van der Waals surface area (Å²) in [6, 6.07) is -4.31. The molecule has 0 aromatic heterocycles. The molecule has 0 saturated carbocycles. The number of thiol groups is 1. The summed E-state index contributed by atoms with van der Waals surface area (Å²) in [5.41, 5.74) is 15.9. The Morgan fingerprint density at radius 1 is 0.900 bits per heavy atom. The van der Waals surface area contributed by atoms with Crippen LogP contribution in [-0.2, 0) is 24.0 Å². The van der Waals surface area contributed by atoms with Gasteiger partial charge in [0.15, 0.2) is 0 Å². The van der Waals surface area contributed by atoms with Crippen LogP contribution in [0.1, 0.15) is 39.0 Å². The number of aliphatic carboxylic acids is 1. The van der Waals surface area contributed by atoms with E-state index in [1.54, 1.807) is 0 Å². The van der Waals surface area contributed by atoms with E-state index >= 15 is 0 Å². The molecule has 172 valence electrons. The molecule has 0 fully saturated rings. The summed E-state index contributed by atoms with van der Waals surface area (Å²) in [7, 11) is 0. The lowest BCUT2D eigenvalue weighted by Gasteiger charge is -2.24. The van der Waals surface area contributed by atoms with Gasteiger partial charge in [0, 0.05) is 12.2 Å². The van der Waals surface area contributed by atoms with Gasteiger partial charge in [-0.2, -0.15) is 12.6 Å². The number of primary amides is 1. The number of carbonyl (C=O) groups is 5. The molecule has 0 aliphatic heterocycles. The van der Waals surface area contributed by atoms with E-state index in [0.717, 1.165) is 0 Å². The van der Waals surface area contributed by atoms with Crippen molar-refractivity contribution in [2.75, 3.05) is 12.3 Å². The van der Waals surface area contributed by atoms with Gasteiger partial charge in [0.05, 0.1) is 6.04 Å². The molecular weight excluding hydrogens is 416 g/mol. The normalized spacial score (nSPS) is 14.7. The second-order valence-corrected chi connectivity index (χ2v) is 7.15. The highest BCUT2D eigenvalue weighted by Crippen LogP contribution is 2.05. The lowest BCUT2D eigenvalue weighted by Crippen LogP contribution is -2.57. The summed E-state index contributed by atoms with van der Waals surface area (Å²) in [5.74, 6) is -4.06. The van der Waals surface area contributed by atoms with Gasteiger partial charge in [0.1, 0.15) is 18.1 Å². The second kappa shape index (κ2) is 14.6. The van der Waals surface area contributed by atoms with Crippen molar-refractivity contribution >= 4 is 42.2 Å². The van der Waals surface area contributed by atoms with Gasteiger partial charge in [-0.3, -0.25) is 19.2 Å². The number of carboxylic acid groups (broad SMARTS) is 1. The SMILES string of the molecule is CC(N)C(=O)NC(CS)C(=O)NC(CCCCN)C(=O)NC(CCC(N)=O)C(=O)O. The lowest BCUT2D eigenvalue weighted by atomic mass is 10.1. The van der Waals surface area contributed by atoms with E-state index in [-0.39, 0.29) is 25.0 Å². The first-order valence-corrected chi connectivity index (χ1v) is 10.1. The van der Waals surface area contributed by atoms with Crippen molar-refractivity contribution in [3.05, 3.63) is 0 Å². The van der Waals surface area contributed by atoms with E-state index in [1.165, 1.54) is 6.92 Å². The minimum Gasteiger partial charge on any atom is -0.480 e. The van der Waals surface area contributed by atoms with Crippen LogP contribution in [0, 0.1) is 0 Å². The number of carbonyl (C=O) groups excluding carboxylic acids is 4. The molecule has 4 atom stereocenters. The van der Waals surface area contributed by atoms with E-state index in [4.69, 9.17) is 17.2 Å². The second-order valence-electron chi connectivity index (χ2n) is 6.78. The van der Waals surface area contributed by atoms with Gasteiger partial charge < -0.3 is 38.3 Å². The Morgan fingerprint density at radius 3 is 1.90 bits per heavy atom. The third-order valence-electron chi connectivity index (χ3n) is 4.10. The quantitative estimate of drug-likeness (QED) is 0.0963. The third-order valence-corrected chi connectivity index (χ3v) is 4.47. The van der Waals surface area contributed by atoms with Crippen LogP contribution in [0.3, 0.4) is 0 Å². The molecule has 4 amide bonds. The molecule has 0 bridgehead atoms. The van der Waals surface area contributed by atoms with Crippen LogP contribution in [0.2, 0.25) is 0 Å². The molecule has 0 aromatic rings. The van der Waals surface area contributed by atoms with Crippen LogP contribution < -0.4 is 33.2 Å². The van der Waals surface area contributed by atoms with Crippen molar-refractivity contribution in [1.82, 2.24) is 16.0 Å². The Labute approximate surface area is 180 Å². The number of hydrogen-bond donors (Lipinski definition) is 8. The van der Waals surface area contributed by atoms with Crippen LogP contribution >= 0.6 is 12.6 Å². The zero-order valence-corrected chi connectivity index (χ0v) is 17.8. The number of hydrogen-bond acceptors (Lipinski definition) is 8. The van der Waals surface area contributed by atoms with Crippen LogP contribution in [0.5, 0.6) is 0 Å². The molecule has 0 spiro atoms. The van der Waals surface area contributed by atoms with Crippen LogP contribution in [0.25, 0.3) is 0 Å². The fourth-order valence-electron chi connectivity index (χ4n) is 2.35. The maximum absolute atomic E-state index is 12.6. The highest BCUT2D eigenvalue weighted by Gasteiger charge is 2.29. The van der Waals surface area contributed by atoms with Gasteiger partial charge in [-0.25, -0.2) is 4.79 Å². The van der Waals surface area contributed by atoms with Gasteiger partial charge in [0.2, 0.25) is 23.6 Å². The number of unbranched alkanes of at least 4 members (excludes halogenated alkanes) is 1. The molecule has 0 aromatic carbocycles. The molecule has 0 aliphatic carbocycles. The first-order valence-electron chi connectivity index (χ1n) is 9.52. The summed E-state index contributed by atoms with van der Waals surface area (Å²) in [4.78, 5) is 59.1. The zero-order valence-electron chi connectivity index (χ0n) is 16.9. The minimum absolute atomic E-state index is 0.0439. The van der Waals surface area contributed by atoms with Gasteiger partial charge in [-0.15, -0.1) is 0 Å². The molecule has 10 N–H and O–H groups in total. The highest BCUT2D eigenvalue weighted by atomic mass is 32.1. The van der Waals surface area contributed by atoms with Crippen molar-refractivity contribution in [1.29, 1.82) is 0 Å². The molecular formula is C17H32N6O6S. The largest absolute Gasteiger partial charge is 0.480 e. The standard InChI is InChI=1S/C17H32N6O6S/c1-9(19)14(25)23-12(8-30)16(27)21-10(4-2-3-7-18)15(26)22-11(17(28)29)5-6-13(20)24/h9-12,30H,2-8,18-19H2,1H3,(H2,20,24)(H,21,27)(H,22,26)(H,23,25)(H,28,29). The summed E-state index contributed by atoms with van der Waals surface area (Å²) in [5, 5.41) is 16.5. The summed E-state index contributed by atoms with van der Waals surface area (Å²) in [6.45, 7) is 1.83. The summed E-state index contributed by atoms with van der Waals surface area (Å²) >= 11 is 4.03. The van der Waals surface area contributed by atoms with E-state index in [2.05, 4.69) is 28.6 Å². The Balaban J connectivity index is 5.23. The molecule has 4 unspecified atom stereocenters. The Kier molecular flexibility index (Phi) is 13.4. The van der Waals surface area contributed by atoms with Crippen molar-refractivity contribution < 1.29 is 29.1 Å². The third kappa shape index (κ3) is 11.0. The number of nitrogens with one attached hydrogen (secondary N) is 3. The first kappa shape index (κ1) is 27.6. The predicted molar refractivity (Wildman–Crippen MR) is 112 cm³/mol. The van der Waals surface area contributed by atoms with Crippen molar-refractivity contribution in [3.8, 4) is 0 Å². The Hall–Kier alpha value is -2.38. The Bertz CT molecular complexity index is 618. The smallest absolute Gasteiger partial charge is 0.326 e. The van der Waals surface area contributed by atoms with Gasteiger partial charge in [-0.05, 0) is 39.2 Å². The first-order chi connectivity index (χ1) is 14.0. The number of nitrogens with two attached hydrogens (primary N) is 3. The maximum atomic E-state index is 12.6. The number of carboxylic acids is 1. The highest BCUT2D eigenvalue weighted by molar-refractivity contribution is 7.80. The lowest BCUT2D eigenvalue weighted by molar-refractivity contribution is -0.142. The number of rotatable bonds is 15. The van der Waals surface area contributed by atoms with E-state index in [9.17, 15) is 29.1 Å². The molecule has 0 rings (SSSR count). The average Bonchev–Trinajstić information content (AvgIpc) is 2.67. The summed E-state index contributed by atoms with van der Waals surface area (Å²) in [6.07, 6.45) is 0.847. The van der Waals surface area contributed by atoms with Gasteiger partial charge in [0.25, 0.3) is 0 Å². The monoisotopic (exact) mass is 448 g/mol. The molecule has 0 aliphatic rings. The van der Waals surface area contributed by atoms with E-state index in [0.29, 0.717) is 19.4 Å². The van der Waals surface area contributed by atoms with Crippen molar-refractivity contribution in [2.24, 2.45) is 17.2 Å². The molecule has 0 radical (unpaired) electrons.